The van der Waals surface area contributed by atoms with Gasteiger partial charge in [-0.25, -0.2) is 0 Å². The lowest BCUT2D eigenvalue weighted by Gasteiger charge is -2.13. The van der Waals surface area contributed by atoms with E-state index < -0.39 is 0 Å². The predicted molar refractivity (Wildman–Crippen MR) is 78.7 cm³/mol. The molecule has 0 N–H and O–H groups in total. The summed E-state index contributed by atoms with van der Waals surface area (Å²) < 4.78 is 0. The number of nitrogens with zero attached hydrogens (tertiary/aromatic N) is 1. The average Bonchev–Trinajstić information content (AvgIpc) is 2.91. The molecule has 19 heavy (non-hydrogen) atoms. The highest BCUT2D eigenvalue weighted by molar-refractivity contribution is 7.12. The van der Waals surface area contributed by atoms with E-state index in [-0.39, 0.29) is 5.78 Å². The van der Waals surface area contributed by atoms with Crippen molar-refractivity contribution in [2.24, 2.45) is 0 Å². The molecule has 3 rings (SSSR count). The second kappa shape index (κ2) is 4.91. The van der Waals surface area contributed by atoms with Crippen LogP contribution in [0.4, 0.5) is 0 Å². The minimum absolute atomic E-state index is 0.245. The molecule has 0 atom stereocenters. The van der Waals surface area contributed by atoms with Crippen LogP contribution in [-0.2, 0) is 13.1 Å². The topological polar surface area (TPSA) is 20.3 Å². The van der Waals surface area contributed by atoms with Crippen LogP contribution >= 0.6 is 11.3 Å². The molecule has 1 aromatic heterocycles. The Balaban J connectivity index is 1.71. The first-order valence-corrected chi connectivity index (χ1v) is 7.34. The van der Waals surface area contributed by atoms with E-state index in [1.165, 1.54) is 16.0 Å². The minimum atomic E-state index is 0.245. The number of hydrogen-bond acceptors (Lipinski definition) is 3. The Morgan fingerprint density at radius 3 is 2.37 bits per heavy atom. The van der Waals surface area contributed by atoms with Gasteiger partial charge in [0.25, 0.3) is 0 Å². The van der Waals surface area contributed by atoms with Crippen LogP contribution in [0.3, 0.4) is 0 Å². The molecule has 0 radical (unpaired) electrons. The SMILES string of the molecule is Cc1cc(C(=O)CN2Cc3ccccc3C2)c(C)s1. The van der Waals surface area contributed by atoms with E-state index in [1.807, 2.05) is 13.0 Å². The van der Waals surface area contributed by atoms with Crippen molar-refractivity contribution in [2.45, 2.75) is 26.9 Å². The predicted octanol–water partition coefficient (Wildman–Crippen LogP) is 3.56. The fraction of sp³-hybridized carbons (Fsp3) is 0.312. The van der Waals surface area contributed by atoms with Crippen LogP contribution in [0.5, 0.6) is 0 Å². The second-order valence-corrected chi connectivity index (χ2v) is 6.62. The van der Waals surface area contributed by atoms with Gasteiger partial charge in [0.2, 0.25) is 0 Å². The van der Waals surface area contributed by atoms with Crippen molar-refractivity contribution in [3.8, 4) is 0 Å². The van der Waals surface area contributed by atoms with Crippen molar-refractivity contribution in [2.75, 3.05) is 6.54 Å². The highest BCUT2D eigenvalue weighted by Gasteiger charge is 2.22. The maximum absolute atomic E-state index is 12.4. The van der Waals surface area contributed by atoms with E-state index in [0.29, 0.717) is 6.54 Å². The first kappa shape index (κ1) is 12.6. The van der Waals surface area contributed by atoms with Crippen molar-refractivity contribution in [3.63, 3.8) is 0 Å². The van der Waals surface area contributed by atoms with Gasteiger partial charge in [-0.05, 0) is 31.0 Å². The van der Waals surface area contributed by atoms with Crippen molar-refractivity contribution >= 4 is 17.1 Å². The zero-order valence-corrected chi connectivity index (χ0v) is 12.1. The summed E-state index contributed by atoms with van der Waals surface area (Å²) in [5.74, 6) is 0.245. The second-order valence-electron chi connectivity index (χ2n) is 5.16. The summed E-state index contributed by atoms with van der Waals surface area (Å²) in [6.07, 6.45) is 0. The summed E-state index contributed by atoms with van der Waals surface area (Å²) in [5, 5.41) is 0. The Morgan fingerprint density at radius 1 is 1.21 bits per heavy atom. The fourth-order valence-electron chi connectivity index (χ4n) is 2.71. The van der Waals surface area contributed by atoms with Gasteiger partial charge in [0.15, 0.2) is 5.78 Å². The lowest BCUT2D eigenvalue weighted by Crippen LogP contribution is -2.24. The van der Waals surface area contributed by atoms with Crippen LogP contribution in [0.1, 0.15) is 31.2 Å². The number of ketones is 1. The lowest BCUT2D eigenvalue weighted by molar-refractivity contribution is 0.0929. The van der Waals surface area contributed by atoms with Gasteiger partial charge >= 0.3 is 0 Å². The van der Waals surface area contributed by atoms with Gasteiger partial charge in [-0.2, -0.15) is 0 Å². The maximum Gasteiger partial charge on any atom is 0.177 e. The number of carbonyl (C=O) groups is 1. The largest absolute Gasteiger partial charge is 0.293 e. The minimum Gasteiger partial charge on any atom is -0.293 e. The summed E-state index contributed by atoms with van der Waals surface area (Å²) in [6, 6.07) is 10.5. The number of rotatable bonds is 3. The number of thiophene rings is 1. The number of aryl methyl sites for hydroxylation is 2. The molecule has 3 heteroatoms. The Hall–Kier alpha value is -1.45. The van der Waals surface area contributed by atoms with Gasteiger partial charge < -0.3 is 0 Å². The Bertz CT molecular complexity index is 604. The monoisotopic (exact) mass is 271 g/mol. The van der Waals surface area contributed by atoms with Gasteiger partial charge in [0.1, 0.15) is 0 Å². The van der Waals surface area contributed by atoms with E-state index in [2.05, 4.69) is 36.1 Å². The fourth-order valence-corrected chi connectivity index (χ4v) is 3.65. The summed E-state index contributed by atoms with van der Waals surface area (Å²) in [7, 11) is 0. The molecule has 2 heterocycles. The molecule has 0 fully saturated rings. The van der Waals surface area contributed by atoms with Crippen molar-refractivity contribution in [1.82, 2.24) is 4.90 Å². The van der Waals surface area contributed by atoms with Crippen molar-refractivity contribution in [3.05, 3.63) is 56.8 Å². The molecule has 1 aliphatic rings. The van der Waals surface area contributed by atoms with Crippen molar-refractivity contribution in [1.29, 1.82) is 0 Å². The van der Waals surface area contributed by atoms with Crippen LogP contribution in [0.2, 0.25) is 0 Å². The lowest BCUT2D eigenvalue weighted by atomic mass is 10.1. The number of benzene rings is 1. The first-order valence-electron chi connectivity index (χ1n) is 6.53. The molecule has 1 aromatic carbocycles. The van der Waals surface area contributed by atoms with E-state index >= 15 is 0 Å². The Kier molecular flexibility index (Phi) is 3.25. The van der Waals surface area contributed by atoms with Crippen LogP contribution in [0.25, 0.3) is 0 Å². The number of hydrogen-bond donors (Lipinski definition) is 0. The van der Waals surface area contributed by atoms with Crippen LogP contribution < -0.4 is 0 Å². The molecule has 2 aromatic rings. The van der Waals surface area contributed by atoms with Gasteiger partial charge in [0, 0.05) is 28.4 Å². The molecule has 0 unspecified atom stereocenters. The van der Waals surface area contributed by atoms with Crippen molar-refractivity contribution < 1.29 is 4.79 Å². The molecule has 0 aliphatic carbocycles. The third-order valence-corrected chi connectivity index (χ3v) is 4.58. The molecule has 98 valence electrons. The molecule has 0 bridgehead atoms. The summed E-state index contributed by atoms with van der Waals surface area (Å²) in [4.78, 5) is 16.9. The van der Waals surface area contributed by atoms with Gasteiger partial charge in [-0.3, -0.25) is 9.69 Å². The Morgan fingerprint density at radius 2 is 1.84 bits per heavy atom. The van der Waals surface area contributed by atoms with Gasteiger partial charge in [0.05, 0.1) is 6.54 Å². The zero-order chi connectivity index (χ0) is 13.4. The smallest absolute Gasteiger partial charge is 0.177 e. The molecule has 1 aliphatic heterocycles. The highest BCUT2D eigenvalue weighted by atomic mass is 32.1. The molecule has 0 amide bonds. The first-order chi connectivity index (χ1) is 9.13. The normalized spacial score (nSPS) is 14.6. The third-order valence-electron chi connectivity index (χ3n) is 3.61. The molecule has 0 spiro atoms. The van der Waals surface area contributed by atoms with Gasteiger partial charge in [-0.15, -0.1) is 11.3 Å². The van der Waals surface area contributed by atoms with E-state index in [1.54, 1.807) is 11.3 Å². The van der Waals surface area contributed by atoms with Gasteiger partial charge in [-0.1, -0.05) is 24.3 Å². The number of carbonyl (C=O) groups excluding carboxylic acids is 1. The average molecular weight is 271 g/mol. The number of fused-ring (bicyclic) bond motifs is 1. The maximum atomic E-state index is 12.4. The van der Waals surface area contributed by atoms with E-state index in [0.717, 1.165) is 23.5 Å². The summed E-state index contributed by atoms with van der Waals surface area (Å²) >= 11 is 1.70. The molecule has 0 saturated heterocycles. The highest BCUT2D eigenvalue weighted by Crippen LogP contribution is 2.24. The standard InChI is InChI=1S/C16H17NOS/c1-11-7-15(12(2)19-11)16(18)10-17-8-13-5-3-4-6-14(13)9-17/h3-7H,8-10H2,1-2H3. The number of Topliss-reactive ketones (excluding diaryl/α,β-unsaturated/α-hetero) is 1. The molecular weight excluding hydrogens is 254 g/mol. The van der Waals surface area contributed by atoms with Crippen LogP contribution in [0.15, 0.2) is 30.3 Å². The van der Waals surface area contributed by atoms with Crippen LogP contribution in [-0.4, -0.2) is 17.2 Å². The van der Waals surface area contributed by atoms with E-state index in [4.69, 9.17) is 0 Å². The van der Waals surface area contributed by atoms with E-state index in [9.17, 15) is 4.79 Å². The molecule has 0 saturated carbocycles. The third kappa shape index (κ3) is 2.48. The Labute approximate surface area is 117 Å². The quantitative estimate of drug-likeness (QED) is 0.796. The zero-order valence-electron chi connectivity index (χ0n) is 11.3. The van der Waals surface area contributed by atoms with Crippen LogP contribution in [0, 0.1) is 13.8 Å². The summed E-state index contributed by atoms with van der Waals surface area (Å²) in [5.41, 5.74) is 3.61. The molecular formula is C16H17NOS. The molecule has 2 nitrogen and oxygen atoms in total. The summed E-state index contributed by atoms with van der Waals surface area (Å²) in [6.45, 7) is 6.39.